The van der Waals surface area contributed by atoms with Crippen LogP contribution in [-0.4, -0.2) is 49.8 Å². The van der Waals surface area contributed by atoms with Crippen molar-refractivity contribution < 1.29 is 14.2 Å². The lowest BCUT2D eigenvalue weighted by atomic mass is 10.3. The van der Waals surface area contributed by atoms with Crippen molar-refractivity contribution in [3.05, 3.63) is 14.9 Å². The van der Waals surface area contributed by atoms with E-state index in [4.69, 9.17) is 25.8 Å². The minimum atomic E-state index is -1.11. The van der Waals surface area contributed by atoms with Gasteiger partial charge in [0.05, 0.1) is 6.61 Å². The topological polar surface area (TPSA) is 58.4 Å². The lowest BCUT2D eigenvalue weighted by Crippen LogP contribution is -2.22. The molecule has 0 aliphatic heterocycles. The summed E-state index contributed by atoms with van der Waals surface area (Å²) < 4.78 is 19.2. The van der Waals surface area contributed by atoms with Crippen LogP contribution in [0.3, 0.4) is 0 Å². The van der Waals surface area contributed by atoms with Crippen LogP contribution in [0.15, 0.2) is 6.07 Å². The van der Waals surface area contributed by atoms with Crippen LogP contribution >= 0.6 is 34.2 Å². The van der Waals surface area contributed by atoms with Gasteiger partial charge in [0.2, 0.25) is 5.88 Å². The summed E-state index contributed by atoms with van der Waals surface area (Å²) in [5.41, 5.74) is 0.799. The molecule has 0 N–H and O–H groups in total. The van der Waals surface area contributed by atoms with Crippen LogP contribution in [0.2, 0.25) is 30.8 Å². The number of fused-ring (bicyclic) bond motifs is 1. The Hall–Kier alpha value is -0.423. The second-order valence-electron chi connectivity index (χ2n) is 6.63. The first-order chi connectivity index (χ1) is 11.3. The Balaban J connectivity index is 2.19. The van der Waals surface area contributed by atoms with E-state index in [1.807, 2.05) is 0 Å². The van der Waals surface area contributed by atoms with E-state index in [0.717, 1.165) is 27.3 Å². The fourth-order valence-electron chi connectivity index (χ4n) is 2.05. The Morgan fingerprint density at radius 1 is 1.25 bits per heavy atom. The van der Waals surface area contributed by atoms with Crippen LogP contribution in [0.25, 0.3) is 10.9 Å². The molecule has 0 saturated heterocycles. The first-order valence-electron chi connectivity index (χ1n) is 7.74. The maximum absolute atomic E-state index is 6.11. The third-order valence-electron chi connectivity index (χ3n) is 3.35. The Kier molecular flexibility index (Phi) is 7.29. The monoisotopic (exact) mass is 483 g/mol. The normalized spacial score (nSPS) is 12.1. The summed E-state index contributed by atoms with van der Waals surface area (Å²) in [5.74, 6) is 0.457. The van der Waals surface area contributed by atoms with E-state index in [1.165, 1.54) is 0 Å². The van der Waals surface area contributed by atoms with Gasteiger partial charge < -0.3 is 14.2 Å². The third-order valence-corrected chi connectivity index (χ3v) is 6.05. The predicted molar refractivity (Wildman–Crippen MR) is 107 cm³/mol. The molecule has 9 heteroatoms. The van der Waals surface area contributed by atoms with Crippen LogP contribution in [-0.2, 0) is 16.2 Å². The predicted octanol–water partition coefficient (Wildman–Crippen LogP) is 4.03. The highest BCUT2D eigenvalue weighted by atomic mass is 127. The number of halogens is 2. The van der Waals surface area contributed by atoms with E-state index in [9.17, 15) is 0 Å². The molecule has 2 aromatic heterocycles. The standard InChI is InChI=1S/C15H23ClIN3O3Si/c1-21-5-6-23-15-13-11(9-12(16)18-15)14(17)19-20(13)10-22-7-8-24(2,3)4/h9H,5-8,10H2,1-4H3. The van der Waals surface area contributed by atoms with E-state index < -0.39 is 8.07 Å². The van der Waals surface area contributed by atoms with Crippen molar-refractivity contribution in [2.75, 3.05) is 26.9 Å². The average Bonchev–Trinajstić information content (AvgIpc) is 2.79. The fraction of sp³-hybridized carbons (Fsp3) is 0.600. The number of ether oxygens (including phenoxy) is 3. The van der Waals surface area contributed by atoms with Gasteiger partial charge in [0.15, 0.2) is 0 Å². The maximum atomic E-state index is 6.11. The molecule has 0 fully saturated rings. The molecule has 0 atom stereocenters. The molecule has 0 radical (unpaired) electrons. The van der Waals surface area contributed by atoms with Gasteiger partial charge in [0, 0.05) is 27.2 Å². The van der Waals surface area contributed by atoms with Crippen molar-refractivity contribution in [3.8, 4) is 5.88 Å². The van der Waals surface area contributed by atoms with Gasteiger partial charge in [-0.3, -0.25) is 0 Å². The number of pyridine rings is 1. The van der Waals surface area contributed by atoms with E-state index in [1.54, 1.807) is 17.9 Å². The van der Waals surface area contributed by atoms with Crippen LogP contribution in [0.5, 0.6) is 5.88 Å². The molecule has 2 heterocycles. The highest BCUT2D eigenvalue weighted by Gasteiger charge is 2.17. The maximum Gasteiger partial charge on any atom is 0.241 e. The van der Waals surface area contributed by atoms with Gasteiger partial charge in [-0.25, -0.2) is 4.68 Å². The minimum Gasteiger partial charge on any atom is -0.474 e. The van der Waals surface area contributed by atoms with Crippen molar-refractivity contribution in [1.29, 1.82) is 0 Å². The zero-order valence-electron chi connectivity index (χ0n) is 14.4. The summed E-state index contributed by atoms with van der Waals surface area (Å²) in [6, 6.07) is 2.91. The number of methoxy groups -OCH3 is 1. The first kappa shape index (κ1) is 19.9. The summed E-state index contributed by atoms with van der Waals surface area (Å²) in [4.78, 5) is 4.29. The largest absolute Gasteiger partial charge is 0.474 e. The molecule has 134 valence electrons. The van der Waals surface area contributed by atoms with E-state index >= 15 is 0 Å². The van der Waals surface area contributed by atoms with Crippen molar-refractivity contribution in [2.45, 2.75) is 32.4 Å². The van der Waals surface area contributed by atoms with Crippen LogP contribution in [0, 0.1) is 3.70 Å². The van der Waals surface area contributed by atoms with Crippen molar-refractivity contribution in [3.63, 3.8) is 0 Å². The molecule has 0 aliphatic carbocycles. The van der Waals surface area contributed by atoms with E-state index in [0.29, 0.717) is 31.0 Å². The highest BCUT2D eigenvalue weighted by Crippen LogP contribution is 2.30. The molecule has 2 rings (SSSR count). The molecule has 0 saturated carbocycles. The molecule has 6 nitrogen and oxygen atoms in total. The summed E-state index contributed by atoms with van der Waals surface area (Å²) in [6.07, 6.45) is 0. The van der Waals surface area contributed by atoms with E-state index in [2.05, 4.69) is 52.3 Å². The van der Waals surface area contributed by atoms with Gasteiger partial charge in [-0.15, -0.1) is 0 Å². The quantitative estimate of drug-likeness (QED) is 0.233. The summed E-state index contributed by atoms with van der Waals surface area (Å²) in [5, 5.41) is 5.83. The average molecular weight is 484 g/mol. The number of rotatable bonds is 9. The van der Waals surface area contributed by atoms with Crippen LogP contribution in [0.4, 0.5) is 0 Å². The zero-order chi connectivity index (χ0) is 17.7. The molecule has 0 bridgehead atoms. The van der Waals surface area contributed by atoms with E-state index in [-0.39, 0.29) is 0 Å². The molecule has 0 aromatic carbocycles. The first-order valence-corrected chi connectivity index (χ1v) is 12.9. The Morgan fingerprint density at radius 3 is 2.67 bits per heavy atom. The number of nitrogens with zero attached hydrogens (tertiary/aromatic N) is 3. The van der Waals surface area contributed by atoms with Crippen molar-refractivity contribution >= 4 is 53.2 Å². The number of hydrogen-bond donors (Lipinski definition) is 0. The van der Waals surface area contributed by atoms with Crippen molar-refractivity contribution in [1.82, 2.24) is 14.8 Å². The highest BCUT2D eigenvalue weighted by molar-refractivity contribution is 14.1. The smallest absolute Gasteiger partial charge is 0.241 e. The van der Waals surface area contributed by atoms with Gasteiger partial charge in [-0.2, -0.15) is 10.1 Å². The van der Waals surface area contributed by atoms with Crippen LogP contribution in [0.1, 0.15) is 0 Å². The summed E-state index contributed by atoms with van der Waals surface area (Å²) in [7, 11) is 0.520. The van der Waals surface area contributed by atoms with Gasteiger partial charge in [-0.05, 0) is 34.7 Å². The summed E-state index contributed by atoms with van der Waals surface area (Å²) in [6.45, 7) is 8.97. The van der Waals surface area contributed by atoms with Gasteiger partial charge in [0.1, 0.15) is 27.7 Å². The Bertz CT molecular complexity index is 691. The lowest BCUT2D eigenvalue weighted by Gasteiger charge is -2.15. The van der Waals surface area contributed by atoms with Crippen molar-refractivity contribution in [2.24, 2.45) is 0 Å². The second kappa shape index (κ2) is 8.79. The molecular weight excluding hydrogens is 461 g/mol. The molecule has 0 spiro atoms. The van der Waals surface area contributed by atoms with Gasteiger partial charge in [0.25, 0.3) is 0 Å². The fourth-order valence-corrected chi connectivity index (χ4v) is 3.66. The second-order valence-corrected chi connectivity index (χ2v) is 13.7. The Morgan fingerprint density at radius 2 is 2.00 bits per heavy atom. The zero-order valence-corrected chi connectivity index (χ0v) is 18.3. The SMILES string of the molecule is COCCOc1nc(Cl)cc2c(I)nn(COCC[Si](C)(C)C)c12. The minimum absolute atomic E-state index is 0.369. The molecule has 24 heavy (non-hydrogen) atoms. The molecule has 0 aliphatic rings. The van der Waals surface area contributed by atoms with Gasteiger partial charge in [-0.1, -0.05) is 31.2 Å². The van der Waals surface area contributed by atoms with Crippen LogP contribution < -0.4 is 4.74 Å². The Labute approximate surface area is 162 Å². The molecule has 0 amide bonds. The molecular formula is C15H23ClIN3O3Si. The van der Waals surface area contributed by atoms with Gasteiger partial charge >= 0.3 is 0 Å². The summed E-state index contributed by atoms with van der Waals surface area (Å²) >= 11 is 8.29. The number of aromatic nitrogens is 3. The third kappa shape index (κ3) is 5.55. The lowest BCUT2D eigenvalue weighted by molar-refractivity contribution is 0.0807. The number of hydrogen-bond acceptors (Lipinski definition) is 5. The molecule has 2 aromatic rings. The molecule has 0 unspecified atom stereocenters.